The lowest BCUT2D eigenvalue weighted by Crippen LogP contribution is -2.46. The molecule has 0 bridgehead atoms. The van der Waals surface area contributed by atoms with Crippen LogP contribution in [0.25, 0.3) is 6.08 Å². The Bertz CT molecular complexity index is 720. The molecule has 7 nitrogen and oxygen atoms in total. The van der Waals surface area contributed by atoms with E-state index in [-0.39, 0.29) is 28.1 Å². The van der Waals surface area contributed by atoms with E-state index in [1.54, 1.807) is 6.07 Å². The standard InChI is InChI=1S/C14H14ClN3O4S/c15-8-3-7(1-2-11(8)19)4-10-14(22)18(5-12(20)21)13(17-10)9(16)6-23/h1-4,9,19,23H,5-6,16H2,(H,20,21)/b10-4-/t9-/m0/s1. The minimum Gasteiger partial charge on any atom is -0.506 e. The number of carboxylic acid groups (broad SMARTS) is 1. The van der Waals surface area contributed by atoms with Crippen LogP contribution < -0.4 is 5.73 Å². The van der Waals surface area contributed by atoms with E-state index in [1.807, 2.05) is 0 Å². The number of aromatic hydroxyl groups is 1. The largest absolute Gasteiger partial charge is 0.506 e. The van der Waals surface area contributed by atoms with Gasteiger partial charge in [-0.1, -0.05) is 17.7 Å². The summed E-state index contributed by atoms with van der Waals surface area (Å²) >= 11 is 9.87. The lowest BCUT2D eigenvalue weighted by atomic mass is 10.2. The Morgan fingerprint density at radius 3 is 2.78 bits per heavy atom. The van der Waals surface area contributed by atoms with Gasteiger partial charge >= 0.3 is 5.97 Å². The third-order valence-electron chi connectivity index (χ3n) is 3.07. The van der Waals surface area contributed by atoms with E-state index in [9.17, 15) is 14.7 Å². The average Bonchev–Trinajstić information content (AvgIpc) is 2.79. The van der Waals surface area contributed by atoms with Crippen LogP contribution in [0.2, 0.25) is 5.02 Å². The van der Waals surface area contributed by atoms with Gasteiger partial charge in [-0.05, 0) is 23.8 Å². The molecule has 0 radical (unpaired) electrons. The maximum Gasteiger partial charge on any atom is 0.323 e. The molecule has 23 heavy (non-hydrogen) atoms. The normalized spacial score (nSPS) is 17.5. The number of aliphatic imine (C=N–C) groups is 1. The number of carbonyl (C=O) groups is 2. The van der Waals surface area contributed by atoms with Crippen molar-refractivity contribution in [3.8, 4) is 5.75 Å². The van der Waals surface area contributed by atoms with Crippen molar-refractivity contribution >= 4 is 48.0 Å². The second-order valence-corrected chi connectivity index (χ2v) is 5.56. The van der Waals surface area contributed by atoms with Gasteiger partial charge in [0.25, 0.3) is 5.91 Å². The minimum atomic E-state index is -1.17. The zero-order chi connectivity index (χ0) is 17.1. The SMILES string of the molecule is N[C@@H](CS)C1=N/C(=C\c2ccc(O)c(Cl)c2)C(=O)N1CC(=O)O. The van der Waals surface area contributed by atoms with E-state index in [0.717, 1.165) is 4.90 Å². The first-order valence-electron chi connectivity index (χ1n) is 6.52. The molecule has 0 spiro atoms. The van der Waals surface area contributed by atoms with Crippen LogP contribution in [0.1, 0.15) is 5.56 Å². The van der Waals surface area contributed by atoms with Crippen molar-refractivity contribution in [3.05, 3.63) is 34.5 Å². The molecule has 0 unspecified atom stereocenters. The topological polar surface area (TPSA) is 116 Å². The highest BCUT2D eigenvalue weighted by Gasteiger charge is 2.34. The monoisotopic (exact) mass is 355 g/mol. The van der Waals surface area contributed by atoms with Gasteiger partial charge in [-0.15, -0.1) is 0 Å². The molecule has 1 heterocycles. The third-order valence-corrected chi connectivity index (χ3v) is 3.77. The Kier molecular flexibility index (Phi) is 5.30. The number of halogens is 1. The van der Waals surface area contributed by atoms with Crippen molar-refractivity contribution in [2.75, 3.05) is 12.3 Å². The highest BCUT2D eigenvalue weighted by molar-refractivity contribution is 7.80. The Morgan fingerprint density at radius 1 is 1.52 bits per heavy atom. The molecule has 1 aliphatic heterocycles. The number of benzene rings is 1. The van der Waals surface area contributed by atoms with E-state index in [2.05, 4.69) is 17.6 Å². The number of phenols is 1. The molecule has 0 aromatic heterocycles. The first-order valence-corrected chi connectivity index (χ1v) is 7.53. The number of aliphatic carboxylic acids is 1. The Balaban J connectivity index is 2.39. The van der Waals surface area contributed by atoms with Crippen molar-refractivity contribution in [2.24, 2.45) is 10.7 Å². The molecule has 4 N–H and O–H groups in total. The molecular formula is C14H14ClN3O4S. The molecule has 9 heteroatoms. The quantitative estimate of drug-likeness (QED) is 0.464. The zero-order valence-electron chi connectivity index (χ0n) is 11.8. The summed E-state index contributed by atoms with van der Waals surface area (Å²) < 4.78 is 0. The van der Waals surface area contributed by atoms with Crippen LogP contribution in [0.5, 0.6) is 5.75 Å². The zero-order valence-corrected chi connectivity index (χ0v) is 13.5. The molecule has 122 valence electrons. The molecule has 1 atom stereocenters. The summed E-state index contributed by atoms with van der Waals surface area (Å²) in [5.41, 5.74) is 6.41. The number of hydrogen-bond donors (Lipinski definition) is 4. The Hall–Kier alpha value is -2.03. The fraction of sp³-hybridized carbons (Fsp3) is 0.214. The number of nitrogens with zero attached hydrogens (tertiary/aromatic N) is 2. The van der Waals surface area contributed by atoms with Gasteiger partial charge in [-0.25, -0.2) is 4.99 Å². The van der Waals surface area contributed by atoms with Gasteiger partial charge in [0, 0.05) is 5.75 Å². The average molecular weight is 356 g/mol. The fourth-order valence-corrected chi connectivity index (χ4v) is 2.34. The summed E-state index contributed by atoms with van der Waals surface area (Å²) in [6.07, 6.45) is 1.45. The Labute approximate surface area is 142 Å². The smallest absolute Gasteiger partial charge is 0.323 e. The molecule has 0 saturated heterocycles. The van der Waals surface area contributed by atoms with Gasteiger partial charge in [0.15, 0.2) is 0 Å². The predicted octanol–water partition coefficient (Wildman–Crippen LogP) is 0.969. The molecule has 0 aliphatic carbocycles. The summed E-state index contributed by atoms with van der Waals surface area (Å²) in [6, 6.07) is 3.73. The maximum atomic E-state index is 12.3. The number of carbonyl (C=O) groups excluding carboxylic acids is 1. The van der Waals surface area contributed by atoms with Crippen LogP contribution in [-0.2, 0) is 9.59 Å². The van der Waals surface area contributed by atoms with Crippen LogP contribution in [0.4, 0.5) is 0 Å². The molecule has 1 aromatic carbocycles. The van der Waals surface area contributed by atoms with E-state index in [4.69, 9.17) is 22.4 Å². The first-order chi connectivity index (χ1) is 10.8. The molecular weight excluding hydrogens is 342 g/mol. The predicted molar refractivity (Wildman–Crippen MR) is 89.7 cm³/mol. The van der Waals surface area contributed by atoms with Crippen LogP contribution in [0, 0.1) is 0 Å². The van der Waals surface area contributed by atoms with Crippen LogP contribution >= 0.6 is 24.2 Å². The molecule has 2 rings (SSSR count). The summed E-state index contributed by atoms with van der Waals surface area (Å²) in [6.45, 7) is -0.535. The number of amidine groups is 1. The summed E-state index contributed by atoms with van der Waals surface area (Å²) in [5.74, 6) is -1.46. The lowest BCUT2D eigenvalue weighted by Gasteiger charge is -2.19. The number of hydrogen-bond acceptors (Lipinski definition) is 6. The van der Waals surface area contributed by atoms with Gasteiger partial charge in [0.05, 0.1) is 11.1 Å². The van der Waals surface area contributed by atoms with Gasteiger partial charge < -0.3 is 15.9 Å². The molecule has 1 aliphatic rings. The van der Waals surface area contributed by atoms with Crippen molar-refractivity contribution in [1.29, 1.82) is 0 Å². The number of thiol groups is 1. The minimum absolute atomic E-state index is 0.0419. The Morgan fingerprint density at radius 2 is 2.22 bits per heavy atom. The molecule has 0 fully saturated rings. The number of amides is 1. The van der Waals surface area contributed by atoms with Gasteiger partial charge in [-0.3, -0.25) is 14.5 Å². The van der Waals surface area contributed by atoms with E-state index < -0.39 is 24.5 Å². The van der Waals surface area contributed by atoms with Crippen LogP contribution in [-0.4, -0.2) is 51.2 Å². The van der Waals surface area contributed by atoms with Crippen molar-refractivity contribution < 1.29 is 19.8 Å². The van der Waals surface area contributed by atoms with Gasteiger partial charge in [0.1, 0.15) is 23.8 Å². The maximum absolute atomic E-state index is 12.3. The summed E-state index contributed by atoms with van der Waals surface area (Å²) in [5, 5.41) is 18.5. The van der Waals surface area contributed by atoms with E-state index in [0.29, 0.717) is 5.56 Å². The number of rotatable bonds is 5. The summed E-state index contributed by atoms with van der Waals surface area (Å²) in [7, 11) is 0. The molecule has 0 saturated carbocycles. The lowest BCUT2D eigenvalue weighted by molar-refractivity contribution is -0.140. The van der Waals surface area contributed by atoms with Crippen molar-refractivity contribution in [1.82, 2.24) is 4.90 Å². The molecule has 1 aromatic rings. The van der Waals surface area contributed by atoms with Gasteiger partial charge in [-0.2, -0.15) is 12.6 Å². The van der Waals surface area contributed by atoms with Crippen molar-refractivity contribution in [3.63, 3.8) is 0 Å². The van der Waals surface area contributed by atoms with E-state index in [1.165, 1.54) is 18.2 Å². The number of nitrogens with two attached hydrogens (primary N) is 1. The van der Waals surface area contributed by atoms with Crippen LogP contribution in [0.3, 0.4) is 0 Å². The fourth-order valence-electron chi connectivity index (χ4n) is 1.99. The second-order valence-electron chi connectivity index (χ2n) is 4.78. The second kappa shape index (κ2) is 7.03. The number of carboxylic acids is 1. The molecule has 1 amide bonds. The van der Waals surface area contributed by atoms with Gasteiger partial charge in [0.2, 0.25) is 0 Å². The van der Waals surface area contributed by atoms with Crippen LogP contribution in [0.15, 0.2) is 28.9 Å². The number of phenolic OH excluding ortho intramolecular Hbond substituents is 1. The third kappa shape index (κ3) is 3.84. The van der Waals surface area contributed by atoms with E-state index >= 15 is 0 Å². The summed E-state index contributed by atoms with van der Waals surface area (Å²) in [4.78, 5) is 28.4. The van der Waals surface area contributed by atoms with Crippen molar-refractivity contribution in [2.45, 2.75) is 6.04 Å². The highest BCUT2D eigenvalue weighted by Crippen LogP contribution is 2.26. The first kappa shape index (κ1) is 17.3. The highest BCUT2D eigenvalue weighted by atomic mass is 35.5.